The largest absolute Gasteiger partial charge is 0.478 e. The highest BCUT2D eigenvalue weighted by Crippen LogP contribution is 2.22. The zero-order valence-electron chi connectivity index (χ0n) is 11.1. The molecule has 0 bridgehead atoms. The number of hydrogen-bond donors (Lipinski definition) is 2. The molecule has 0 aliphatic heterocycles. The van der Waals surface area contributed by atoms with Crippen molar-refractivity contribution in [1.82, 2.24) is 0 Å². The van der Waals surface area contributed by atoms with Crippen molar-refractivity contribution >= 4 is 23.3 Å². The van der Waals surface area contributed by atoms with E-state index in [1.807, 2.05) is 18.2 Å². The maximum absolute atomic E-state index is 11.2. The second-order valence-corrected chi connectivity index (χ2v) is 5.12. The summed E-state index contributed by atoms with van der Waals surface area (Å²) in [4.78, 5) is 11.2. The first-order valence-electron chi connectivity index (χ1n) is 6.39. The lowest BCUT2D eigenvalue weighted by atomic mass is 10.0. The smallest absolute Gasteiger partial charge is 0.337 e. The van der Waals surface area contributed by atoms with Crippen molar-refractivity contribution in [2.75, 3.05) is 11.9 Å². The third-order valence-corrected chi connectivity index (χ3v) is 3.41. The molecule has 0 aliphatic carbocycles. The summed E-state index contributed by atoms with van der Waals surface area (Å²) in [5, 5.41) is 12.8. The molecule has 20 heavy (non-hydrogen) atoms. The maximum Gasteiger partial charge on any atom is 0.337 e. The van der Waals surface area contributed by atoms with Gasteiger partial charge >= 0.3 is 5.97 Å². The van der Waals surface area contributed by atoms with Gasteiger partial charge in [0.2, 0.25) is 0 Å². The summed E-state index contributed by atoms with van der Waals surface area (Å²) in [6.45, 7) is 2.75. The van der Waals surface area contributed by atoms with Gasteiger partial charge in [-0.1, -0.05) is 48.9 Å². The van der Waals surface area contributed by atoms with Crippen molar-refractivity contribution in [3.8, 4) is 0 Å². The molecule has 0 aliphatic rings. The first-order chi connectivity index (χ1) is 9.58. The molecule has 2 N–H and O–H groups in total. The van der Waals surface area contributed by atoms with E-state index in [1.165, 1.54) is 11.6 Å². The van der Waals surface area contributed by atoms with Gasteiger partial charge in [0.1, 0.15) is 0 Å². The molecule has 0 spiro atoms. The molecule has 0 fully saturated rings. The van der Waals surface area contributed by atoms with E-state index in [4.69, 9.17) is 11.6 Å². The highest BCUT2D eigenvalue weighted by atomic mass is 35.5. The van der Waals surface area contributed by atoms with Crippen molar-refractivity contribution in [1.29, 1.82) is 0 Å². The van der Waals surface area contributed by atoms with E-state index in [0.29, 0.717) is 17.3 Å². The van der Waals surface area contributed by atoms with Gasteiger partial charge in [0.05, 0.1) is 5.56 Å². The van der Waals surface area contributed by atoms with Gasteiger partial charge in [-0.25, -0.2) is 4.79 Å². The van der Waals surface area contributed by atoms with Crippen LogP contribution in [0.1, 0.15) is 28.8 Å². The van der Waals surface area contributed by atoms with Crippen LogP contribution in [0, 0.1) is 0 Å². The Bertz CT molecular complexity index is 599. The number of aromatic carboxylic acids is 1. The SMILES string of the molecule is CC(CNc1ccc(Cl)cc1C(=O)O)c1ccccc1. The third-order valence-electron chi connectivity index (χ3n) is 3.18. The first-order valence-corrected chi connectivity index (χ1v) is 6.77. The molecule has 3 nitrogen and oxygen atoms in total. The standard InChI is InChI=1S/C16H16ClNO2/c1-11(12-5-3-2-4-6-12)10-18-15-8-7-13(17)9-14(15)16(19)20/h2-9,11,18H,10H2,1H3,(H,19,20). The number of benzene rings is 2. The average Bonchev–Trinajstić information content (AvgIpc) is 2.46. The number of carboxylic acids is 1. The predicted molar refractivity (Wildman–Crippen MR) is 81.8 cm³/mol. The van der Waals surface area contributed by atoms with Crippen molar-refractivity contribution in [3.05, 3.63) is 64.7 Å². The summed E-state index contributed by atoms with van der Waals surface area (Å²) in [7, 11) is 0. The Labute approximate surface area is 123 Å². The van der Waals surface area contributed by atoms with Crippen LogP contribution >= 0.6 is 11.6 Å². The summed E-state index contributed by atoms with van der Waals surface area (Å²) < 4.78 is 0. The average molecular weight is 290 g/mol. The molecule has 2 aromatic carbocycles. The molecule has 0 heterocycles. The fourth-order valence-corrected chi connectivity index (χ4v) is 2.18. The van der Waals surface area contributed by atoms with Gasteiger partial charge in [-0.05, 0) is 29.7 Å². The summed E-state index contributed by atoms with van der Waals surface area (Å²) in [6, 6.07) is 14.9. The van der Waals surface area contributed by atoms with Crippen molar-refractivity contribution in [2.24, 2.45) is 0 Å². The molecule has 2 rings (SSSR count). The molecule has 0 radical (unpaired) electrons. The fourth-order valence-electron chi connectivity index (χ4n) is 2.01. The molecular weight excluding hydrogens is 274 g/mol. The minimum absolute atomic E-state index is 0.192. The Kier molecular flexibility index (Phi) is 4.64. The van der Waals surface area contributed by atoms with Crippen molar-refractivity contribution in [3.63, 3.8) is 0 Å². The van der Waals surface area contributed by atoms with Crippen LogP contribution in [-0.4, -0.2) is 17.6 Å². The Hall–Kier alpha value is -2.00. The molecular formula is C16H16ClNO2. The van der Waals surface area contributed by atoms with Gasteiger partial charge in [0.25, 0.3) is 0 Å². The van der Waals surface area contributed by atoms with Crippen LogP contribution in [0.4, 0.5) is 5.69 Å². The lowest BCUT2D eigenvalue weighted by Crippen LogP contribution is -2.12. The van der Waals surface area contributed by atoms with Crippen LogP contribution in [0.5, 0.6) is 0 Å². The van der Waals surface area contributed by atoms with E-state index in [9.17, 15) is 9.90 Å². The minimum atomic E-state index is -0.984. The molecule has 0 aromatic heterocycles. The van der Waals surface area contributed by atoms with Crippen LogP contribution in [0.3, 0.4) is 0 Å². The van der Waals surface area contributed by atoms with Crippen LogP contribution < -0.4 is 5.32 Å². The third kappa shape index (κ3) is 3.52. The van der Waals surface area contributed by atoms with Crippen LogP contribution in [-0.2, 0) is 0 Å². The Balaban J connectivity index is 2.09. The quantitative estimate of drug-likeness (QED) is 0.865. The van der Waals surface area contributed by atoms with E-state index in [-0.39, 0.29) is 11.5 Å². The zero-order valence-corrected chi connectivity index (χ0v) is 11.9. The van der Waals surface area contributed by atoms with E-state index >= 15 is 0 Å². The monoisotopic (exact) mass is 289 g/mol. The molecule has 0 amide bonds. The molecule has 0 saturated carbocycles. The van der Waals surface area contributed by atoms with E-state index in [1.54, 1.807) is 12.1 Å². The number of carboxylic acid groups (broad SMARTS) is 1. The molecule has 1 unspecified atom stereocenters. The predicted octanol–water partition coefficient (Wildman–Crippen LogP) is 4.25. The van der Waals surface area contributed by atoms with Gasteiger partial charge in [0.15, 0.2) is 0 Å². The first kappa shape index (κ1) is 14.4. The fraction of sp³-hybridized carbons (Fsp3) is 0.188. The molecule has 1 atom stereocenters. The van der Waals surface area contributed by atoms with Crippen molar-refractivity contribution < 1.29 is 9.90 Å². The van der Waals surface area contributed by atoms with Gasteiger partial charge in [-0.2, -0.15) is 0 Å². The van der Waals surface area contributed by atoms with E-state index in [2.05, 4.69) is 24.4 Å². The Morgan fingerprint density at radius 1 is 1.25 bits per heavy atom. The van der Waals surface area contributed by atoms with Gasteiger partial charge in [-0.15, -0.1) is 0 Å². The number of nitrogens with one attached hydrogen (secondary N) is 1. The van der Waals surface area contributed by atoms with Crippen LogP contribution in [0.2, 0.25) is 5.02 Å². The lowest BCUT2D eigenvalue weighted by molar-refractivity contribution is 0.0698. The molecule has 104 valence electrons. The van der Waals surface area contributed by atoms with Gasteiger partial charge < -0.3 is 10.4 Å². The van der Waals surface area contributed by atoms with E-state index in [0.717, 1.165) is 0 Å². The second-order valence-electron chi connectivity index (χ2n) is 4.69. The highest BCUT2D eigenvalue weighted by Gasteiger charge is 2.12. The lowest BCUT2D eigenvalue weighted by Gasteiger charge is -2.15. The molecule has 2 aromatic rings. The number of halogens is 1. The van der Waals surface area contributed by atoms with Gasteiger partial charge in [0, 0.05) is 17.3 Å². The van der Waals surface area contributed by atoms with Gasteiger partial charge in [-0.3, -0.25) is 0 Å². The number of hydrogen-bond acceptors (Lipinski definition) is 2. The summed E-state index contributed by atoms with van der Waals surface area (Å²) in [5.41, 5.74) is 1.99. The summed E-state index contributed by atoms with van der Waals surface area (Å²) in [5.74, 6) is -0.698. The van der Waals surface area contributed by atoms with E-state index < -0.39 is 5.97 Å². The topological polar surface area (TPSA) is 49.3 Å². The second kappa shape index (κ2) is 6.44. The molecule has 0 saturated heterocycles. The maximum atomic E-state index is 11.2. The van der Waals surface area contributed by atoms with Crippen molar-refractivity contribution in [2.45, 2.75) is 12.8 Å². The molecule has 4 heteroatoms. The highest BCUT2D eigenvalue weighted by molar-refractivity contribution is 6.31. The zero-order chi connectivity index (χ0) is 14.5. The summed E-state index contributed by atoms with van der Waals surface area (Å²) >= 11 is 5.83. The number of anilines is 1. The normalized spacial score (nSPS) is 11.9. The number of rotatable bonds is 5. The Morgan fingerprint density at radius 3 is 2.60 bits per heavy atom. The van der Waals surface area contributed by atoms with Crippen LogP contribution in [0.15, 0.2) is 48.5 Å². The summed E-state index contributed by atoms with van der Waals surface area (Å²) in [6.07, 6.45) is 0. The minimum Gasteiger partial charge on any atom is -0.478 e. The number of carbonyl (C=O) groups is 1. The van der Waals surface area contributed by atoms with Crippen LogP contribution in [0.25, 0.3) is 0 Å². The Morgan fingerprint density at radius 2 is 1.95 bits per heavy atom.